The van der Waals surface area contributed by atoms with Crippen molar-refractivity contribution in [2.45, 2.75) is 38.0 Å². The topological polar surface area (TPSA) is 24.1 Å². The average molecular weight is 256 g/mol. The molecule has 2 aliphatic rings. The van der Waals surface area contributed by atoms with Crippen molar-refractivity contribution in [3.05, 3.63) is 35.4 Å². The molecule has 0 saturated heterocycles. The first-order valence-corrected chi connectivity index (χ1v) is 7.45. The second-order valence-corrected chi connectivity index (χ2v) is 6.15. The van der Waals surface area contributed by atoms with E-state index in [-0.39, 0.29) is 5.41 Å². The van der Waals surface area contributed by atoms with Gasteiger partial charge in [0.2, 0.25) is 0 Å². The van der Waals surface area contributed by atoms with E-state index in [1.54, 1.807) is 5.57 Å². The van der Waals surface area contributed by atoms with Crippen LogP contribution in [0.3, 0.4) is 0 Å². The SMILES string of the molecule is CNCCC1(C)CNc2ccc(C3=CCCC3)cc21. The molecule has 0 radical (unpaired) electrons. The van der Waals surface area contributed by atoms with Gasteiger partial charge >= 0.3 is 0 Å². The predicted octanol–water partition coefficient (Wildman–Crippen LogP) is 3.55. The van der Waals surface area contributed by atoms with Crippen LogP contribution in [-0.2, 0) is 5.41 Å². The first-order valence-electron chi connectivity index (χ1n) is 7.45. The molecule has 19 heavy (non-hydrogen) atoms. The zero-order chi connectivity index (χ0) is 13.3. The highest BCUT2D eigenvalue weighted by Gasteiger charge is 2.34. The number of hydrogen-bond acceptors (Lipinski definition) is 2. The lowest BCUT2D eigenvalue weighted by molar-refractivity contribution is 0.467. The molecule has 1 heterocycles. The van der Waals surface area contributed by atoms with E-state index >= 15 is 0 Å². The average Bonchev–Trinajstić information content (AvgIpc) is 3.06. The van der Waals surface area contributed by atoms with Crippen LogP contribution in [0, 0.1) is 0 Å². The fraction of sp³-hybridized carbons (Fsp3) is 0.529. The fourth-order valence-corrected chi connectivity index (χ4v) is 3.34. The summed E-state index contributed by atoms with van der Waals surface area (Å²) in [6.45, 7) is 4.52. The monoisotopic (exact) mass is 256 g/mol. The Bertz CT molecular complexity index is 504. The highest BCUT2D eigenvalue weighted by atomic mass is 14.9. The van der Waals surface area contributed by atoms with Gasteiger partial charge < -0.3 is 10.6 Å². The molecule has 0 aromatic heterocycles. The summed E-state index contributed by atoms with van der Waals surface area (Å²) in [5, 5.41) is 6.85. The Morgan fingerprint density at radius 3 is 3.00 bits per heavy atom. The Labute approximate surface area is 116 Å². The van der Waals surface area contributed by atoms with E-state index in [0.717, 1.165) is 13.1 Å². The van der Waals surface area contributed by atoms with Crippen molar-refractivity contribution in [2.24, 2.45) is 0 Å². The zero-order valence-electron chi connectivity index (χ0n) is 12.1. The van der Waals surface area contributed by atoms with Gasteiger partial charge in [0, 0.05) is 17.6 Å². The van der Waals surface area contributed by atoms with Crippen molar-refractivity contribution in [1.82, 2.24) is 5.32 Å². The number of allylic oxidation sites excluding steroid dienone is 2. The molecule has 2 nitrogen and oxygen atoms in total. The minimum Gasteiger partial charge on any atom is -0.384 e. The van der Waals surface area contributed by atoms with Gasteiger partial charge in [-0.15, -0.1) is 0 Å². The molecule has 1 atom stereocenters. The minimum absolute atomic E-state index is 0.271. The van der Waals surface area contributed by atoms with E-state index < -0.39 is 0 Å². The number of nitrogens with one attached hydrogen (secondary N) is 2. The molecule has 1 aliphatic heterocycles. The van der Waals surface area contributed by atoms with Crippen LogP contribution in [0.4, 0.5) is 5.69 Å². The van der Waals surface area contributed by atoms with Gasteiger partial charge in [-0.2, -0.15) is 0 Å². The fourth-order valence-electron chi connectivity index (χ4n) is 3.34. The molecule has 0 saturated carbocycles. The van der Waals surface area contributed by atoms with E-state index in [1.807, 2.05) is 7.05 Å². The second-order valence-electron chi connectivity index (χ2n) is 6.15. The van der Waals surface area contributed by atoms with Gasteiger partial charge in [-0.25, -0.2) is 0 Å². The van der Waals surface area contributed by atoms with Crippen LogP contribution < -0.4 is 10.6 Å². The van der Waals surface area contributed by atoms with Crippen molar-refractivity contribution in [3.63, 3.8) is 0 Å². The van der Waals surface area contributed by atoms with Crippen LogP contribution in [0.15, 0.2) is 24.3 Å². The van der Waals surface area contributed by atoms with Gasteiger partial charge in [0.15, 0.2) is 0 Å². The first-order chi connectivity index (χ1) is 9.23. The molecule has 3 rings (SSSR count). The number of rotatable bonds is 4. The molecule has 2 heteroatoms. The molecular formula is C17H24N2. The lowest BCUT2D eigenvalue weighted by atomic mass is 9.80. The summed E-state index contributed by atoms with van der Waals surface area (Å²) in [5.41, 5.74) is 6.10. The first kappa shape index (κ1) is 12.7. The normalized spacial score (nSPS) is 25.1. The number of benzene rings is 1. The number of fused-ring (bicyclic) bond motifs is 1. The summed E-state index contributed by atoms with van der Waals surface area (Å²) >= 11 is 0. The van der Waals surface area contributed by atoms with Crippen molar-refractivity contribution >= 4 is 11.3 Å². The number of anilines is 1. The summed E-state index contributed by atoms with van der Waals surface area (Å²) in [6.07, 6.45) is 7.42. The molecule has 1 unspecified atom stereocenters. The van der Waals surface area contributed by atoms with Crippen molar-refractivity contribution in [1.29, 1.82) is 0 Å². The maximum absolute atomic E-state index is 3.57. The van der Waals surface area contributed by atoms with Gasteiger partial charge in [0.05, 0.1) is 0 Å². The van der Waals surface area contributed by atoms with Gasteiger partial charge in [0.25, 0.3) is 0 Å². The summed E-state index contributed by atoms with van der Waals surface area (Å²) in [7, 11) is 2.03. The third-order valence-corrected chi connectivity index (χ3v) is 4.68. The maximum Gasteiger partial charge on any atom is 0.0379 e. The highest BCUT2D eigenvalue weighted by Crippen LogP contribution is 2.41. The number of hydrogen-bond donors (Lipinski definition) is 2. The molecule has 1 aromatic carbocycles. The van der Waals surface area contributed by atoms with E-state index in [9.17, 15) is 0 Å². The lowest BCUT2D eigenvalue weighted by Crippen LogP contribution is -2.28. The van der Waals surface area contributed by atoms with Crippen LogP contribution in [0.25, 0.3) is 5.57 Å². The van der Waals surface area contributed by atoms with Gasteiger partial charge in [0.1, 0.15) is 0 Å². The quantitative estimate of drug-likeness (QED) is 0.861. The van der Waals surface area contributed by atoms with Crippen LogP contribution in [0.5, 0.6) is 0 Å². The van der Waals surface area contributed by atoms with Gasteiger partial charge in [-0.3, -0.25) is 0 Å². The molecule has 0 fully saturated rings. The third-order valence-electron chi connectivity index (χ3n) is 4.68. The van der Waals surface area contributed by atoms with Crippen LogP contribution in [0.2, 0.25) is 0 Å². The molecule has 102 valence electrons. The Kier molecular flexibility index (Phi) is 3.36. The molecule has 0 bridgehead atoms. The van der Waals surface area contributed by atoms with Crippen LogP contribution in [0.1, 0.15) is 43.7 Å². The van der Waals surface area contributed by atoms with E-state index in [4.69, 9.17) is 0 Å². The Morgan fingerprint density at radius 1 is 1.37 bits per heavy atom. The highest BCUT2D eigenvalue weighted by molar-refractivity contribution is 5.72. The molecular weight excluding hydrogens is 232 g/mol. The zero-order valence-corrected chi connectivity index (χ0v) is 12.1. The van der Waals surface area contributed by atoms with Crippen LogP contribution >= 0.6 is 0 Å². The maximum atomic E-state index is 3.57. The smallest absolute Gasteiger partial charge is 0.0379 e. The molecule has 1 aliphatic carbocycles. The summed E-state index contributed by atoms with van der Waals surface area (Å²) in [5.74, 6) is 0. The molecule has 1 aromatic rings. The summed E-state index contributed by atoms with van der Waals surface area (Å²) < 4.78 is 0. The molecule has 0 amide bonds. The van der Waals surface area contributed by atoms with E-state index in [1.165, 1.54) is 42.5 Å². The summed E-state index contributed by atoms with van der Waals surface area (Å²) in [6, 6.07) is 6.99. The van der Waals surface area contributed by atoms with E-state index in [2.05, 4.69) is 41.8 Å². The predicted molar refractivity (Wildman–Crippen MR) is 82.7 cm³/mol. The lowest BCUT2D eigenvalue weighted by Gasteiger charge is -2.24. The largest absolute Gasteiger partial charge is 0.384 e. The van der Waals surface area contributed by atoms with Gasteiger partial charge in [-0.05, 0) is 68.1 Å². The third kappa shape index (κ3) is 2.30. The Hall–Kier alpha value is -1.28. The van der Waals surface area contributed by atoms with Crippen molar-refractivity contribution in [2.75, 3.05) is 25.5 Å². The molecule has 0 spiro atoms. The second kappa shape index (κ2) is 5.01. The minimum atomic E-state index is 0.271. The van der Waals surface area contributed by atoms with Gasteiger partial charge in [-0.1, -0.05) is 19.1 Å². The Balaban J connectivity index is 1.92. The standard InChI is InChI=1S/C17H24N2/c1-17(9-10-18-2)12-19-16-8-7-14(11-15(16)17)13-5-3-4-6-13/h5,7-8,11,18-19H,3-4,6,9-10,12H2,1-2H3. The van der Waals surface area contributed by atoms with E-state index in [0.29, 0.717) is 0 Å². The molecule has 2 N–H and O–H groups in total. The Morgan fingerprint density at radius 2 is 2.26 bits per heavy atom. The van der Waals surface area contributed by atoms with Crippen molar-refractivity contribution in [3.8, 4) is 0 Å². The van der Waals surface area contributed by atoms with Crippen LogP contribution in [-0.4, -0.2) is 20.1 Å². The van der Waals surface area contributed by atoms with Crippen molar-refractivity contribution < 1.29 is 0 Å². The summed E-state index contributed by atoms with van der Waals surface area (Å²) in [4.78, 5) is 0.